The summed E-state index contributed by atoms with van der Waals surface area (Å²) in [5.41, 5.74) is 3.07. The van der Waals surface area contributed by atoms with Crippen LogP contribution in [0.1, 0.15) is 22.0 Å². The highest BCUT2D eigenvalue weighted by molar-refractivity contribution is 6.42. The van der Waals surface area contributed by atoms with Gasteiger partial charge in [0.15, 0.2) is 0 Å². The largest absolute Gasteiger partial charge is 0.387 e. The Morgan fingerprint density at radius 2 is 1.78 bits per heavy atom. The van der Waals surface area contributed by atoms with E-state index in [0.29, 0.717) is 38.8 Å². The number of aromatic amines is 2. The van der Waals surface area contributed by atoms with Crippen LogP contribution >= 0.6 is 23.2 Å². The quantitative estimate of drug-likeness (QED) is 0.185. The van der Waals surface area contributed by atoms with Crippen LogP contribution in [-0.4, -0.2) is 32.5 Å². The average Bonchev–Trinajstić information content (AvgIpc) is 3.34. The van der Waals surface area contributed by atoms with Crippen molar-refractivity contribution in [1.29, 1.82) is 0 Å². The number of aliphatic hydroxyl groups excluding tert-OH is 1. The first kappa shape index (κ1) is 24.6. The predicted octanol–water partition coefficient (Wildman–Crippen LogP) is 5.62. The van der Waals surface area contributed by atoms with Gasteiger partial charge in [0.05, 0.1) is 33.0 Å². The van der Waals surface area contributed by atoms with Gasteiger partial charge >= 0.3 is 0 Å². The zero-order valence-electron chi connectivity index (χ0n) is 19.3. The van der Waals surface area contributed by atoms with Gasteiger partial charge in [-0.15, -0.1) is 0 Å². The molecule has 2 heterocycles. The molecule has 0 unspecified atom stereocenters. The molecule has 0 bridgehead atoms. The number of amides is 1. The summed E-state index contributed by atoms with van der Waals surface area (Å²) in [6.07, 6.45) is 0.751. The van der Waals surface area contributed by atoms with Gasteiger partial charge in [-0.2, -0.15) is 0 Å². The summed E-state index contributed by atoms with van der Waals surface area (Å²) in [6, 6.07) is 20.8. The van der Waals surface area contributed by atoms with Crippen LogP contribution in [0.3, 0.4) is 0 Å². The zero-order chi connectivity index (χ0) is 25.9. The molecular formula is C27H21Cl2N5O3. The van der Waals surface area contributed by atoms with Crippen LogP contribution in [0.2, 0.25) is 10.0 Å². The third kappa shape index (κ3) is 5.22. The van der Waals surface area contributed by atoms with Crippen LogP contribution in [0.15, 0.2) is 83.8 Å². The van der Waals surface area contributed by atoms with Crippen molar-refractivity contribution in [3.05, 3.63) is 111 Å². The maximum atomic E-state index is 12.8. The number of aliphatic hydroxyl groups is 1. The smallest absolute Gasteiger partial charge is 0.261 e. The first-order valence-corrected chi connectivity index (χ1v) is 12.1. The molecule has 0 aliphatic heterocycles. The van der Waals surface area contributed by atoms with Crippen LogP contribution in [0, 0.1) is 0 Å². The van der Waals surface area contributed by atoms with Crippen LogP contribution in [0.25, 0.3) is 22.4 Å². The molecule has 0 fully saturated rings. The first-order valence-electron chi connectivity index (χ1n) is 11.3. The summed E-state index contributed by atoms with van der Waals surface area (Å²) in [7, 11) is 0. The number of imidazole rings is 1. The number of halogens is 2. The van der Waals surface area contributed by atoms with Crippen molar-refractivity contribution >= 4 is 51.5 Å². The van der Waals surface area contributed by atoms with E-state index in [-0.39, 0.29) is 28.6 Å². The van der Waals surface area contributed by atoms with Gasteiger partial charge in [-0.05, 0) is 42.0 Å². The maximum absolute atomic E-state index is 12.8. The van der Waals surface area contributed by atoms with E-state index in [4.69, 9.17) is 23.2 Å². The lowest BCUT2D eigenvalue weighted by Crippen LogP contribution is -2.17. The molecule has 0 aliphatic carbocycles. The van der Waals surface area contributed by atoms with Gasteiger partial charge < -0.3 is 25.7 Å². The summed E-state index contributed by atoms with van der Waals surface area (Å²) < 4.78 is 0. The molecule has 37 heavy (non-hydrogen) atoms. The van der Waals surface area contributed by atoms with E-state index in [2.05, 4.69) is 25.6 Å². The second-order valence-corrected chi connectivity index (χ2v) is 9.09. The number of fused-ring (bicyclic) bond motifs is 1. The van der Waals surface area contributed by atoms with Crippen molar-refractivity contribution < 1.29 is 9.90 Å². The van der Waals surface area contributed by atoms with E-state index in [1.165, 1.54) is 12.3 Å². The summed E-state index contributed by atoms with van der Waals surface area (Å²) in [4.78, 5) is 36.1. The molecule has 0 aliphatic rings. The highest BCUT2D eigenvalue weighted by Gasteiger charge is 2.18. The first-order chi connectivity index (χ1) is 17.9. The van der Waals surface area contributed by atoms with Crippen molar-refractivity contribution in [2.75, 3.05) is 17.2 Å². The third-order valence-corrected chi connectivity index (χ3v) is 6.55. The number of aromatic nitrogens is 3. The molecular weight excluding hydrogens is 513 g/mol. The van der Waals surface area contributed by atoms with Crippen molar-refractivity contribution in [1.82, 2.24) is 15.0 Å². The predicted molar refractivity (Wildman–Crippen MR) is 146 cm³/mol. The number of rotatable bonds is 7. The molecule has 0 saturated carbocycles. The number of hydrogen-bond donors (Lipinski definition) is 5. The van der Waals surface area contributed by atoms with Gasteiger partial charge in [0, 0.05) is 18.3 Å². The molecule has 8 nitrogen and oxygen atoms in total. The monoisotopic (exact) mass is 533 g/mol. The summed E-state index contributed by atoms with van der Waals surface area (Å²) in [5, 5.41) is 17.2. The van der Waals surface area contributed by atoms with Crippen molar-refractivity contribution in [2.45, 2.75) is 6.10 Å². The molecule has 186 valence electrons. The van der Waals surface area contributed by atoms with Crippen molar-refractivity contribution in [3.63, 3.8) is 0 Å². The van der Waals surface area contributed by atoms with E-state index >= 15 is 0 Å². The minimum atomic E-state index is -0.771. The third-order valence-electron chi connectivity index (χ3n) is 5.81. The second-order valence-electron chi connectivity index (χ2n) is 8.27. The number of carbonyl (C=O) groups excluding carboxylic acids is 1. The summed E-state index contributed by atoms with van der Waals surface area (Å²) >= 11 is 12.0. The minimum Gasteiger partial charge on any atom is -0.387 e. The molecule has 2 aromatic heterocycles. The Labute approximate surface area is 221 Å². The Balaban J connectivity index is 1.44. The Kier molecular flexibility index (Phi) is 6.96. The summed E-state index contributed by atoms with van der Waals surface area (Å²) in [6.45, 7) is 0.186. The molecule has 3 aromatic carbocycles. The number of hydrogen-bond acceptors (Lipinski definition) is 5. The van der Waals surface area contributed by atoms with Crippen molar-refractivity contribution in [2.24, 2.45) is 0 Å². The molecule has 5 N–H and O–H groups in total. The Morgan fingerprint density at radius 3 is 2.57 bits per heavy atom. The lowest BCUT2D eigenvalue weighted by molar-refractivity contribution is 0.102. The topological polar surface area (TPSA) is 123 Å². The number of nitrogens with one attached hydrogen (secondary N) is 4. The average molecular weight is 534 g/mol. The number of carbonyl (C=O) groups is 1. The molecule has 10 heteroatoms. The van der Waals surface area contributed by atoms with Gasteiger partial charge in [0.2, 0.25) is 0 Å². The summed E-state index contributed by atoms with van der Waals surface area (Å²) in [5.74, 6) is -0.0739. The number of H-pyrrole nitrogens is 2. The van der Waals surface area contributed by atoms with E-state index in [1.54, 1.807) is 36.4 Å². The Hall–Kier alpha value is -4.11. The van der Waals surface area contributed by atoms with Crippen LogP contribution in [0.4, 0.5) is 11.4 Å². The standard InChI is InChI=1S/C27H21Cl2N5O3/c28-17-10-9-16(13-18(17)29)26(36)33-21-8-4-7-20-24(21)34-25(32-20)23-19(11-12-30-27(23)37)31-14-22(35)15-5-2-1-3-6-15/h1-13,22,35H,14H2,(H,32,34)(H,33,36)(H2,30,31,37)/t22-/m1/s1. The minimum absolute atomic E-state index is 0.186. The molecule has 5 rings (SSSR count). The molecule has 0 spiro atoms. The number of nitrogens with zero attached hydrogens (tertiary/aromatic N) is 1. The Morgan fingerprint density at radius 1 is 0.973 bits per heavy atom. The fraction of sp³-hybridized carbons (Fsp3) is 0.0741. The number of benzene rings is 3. The van der Waals surface area contributed by atoms with Gasteiger partial charge in [-0.1, -0.05) is 59.6 Å². The van der Waals surface area contributed by atoms with Gasteiger partial charge in [0.25, 0.3) is 11.5 Å². The normalized spacial score (nSPS) is 11.9. The molecule has 0 saturated heterocycles. The molecule has 1 atom stereocenters. The van der Waals surface area contributed by atoms with Gasteiger partial charge in [-0.3, -0.25) is 9.59 Å². The molecule has 5 aromatic rings. The number of anilines is 2. The number of para-hydroxylation sites is 1. The van der Waals surface area contributed by atoms with Crippen LogP contribution in [-0.2, 0) is 0 Å². The molecule has 1 amide bonds. The van der Waals surface area contributed by atoms with E-state index < -0.39 is 6.10 Å². The lowest BCUT2D eigenvalue weighted by atomic mass is 10.1. The van der Waals surface area contributed by atoms with E-state index in [1.807, 2.05) is 30.3 Å². The van der Waals surface area contributed by atoms with E-state index in [9.17, 15) is 14.7 Å². The zero-order valence-corrected chi connectivity index (χ0v) is 20.8. The lowest BCUT2D eigenvalue weighted by Gasteiger charge is -2.14. The van der Waals surface area contributed by atoms with Gasteiger partial charge in [0.1, 0.15) is 16.9 Å². The second kappa shape index (κ2) is 10.5. The fourth-order valence-electron chi connectivity index (χ4n) is 3.94. The van der Waals surface area contributed by atoms with Crippen LogP contribution < -0.4 is 16.2 Å². The highest BCUT2D eigenvalue weighted by Crippen LogP contribution is 2.29. The van der Waals surface area contributed by atoms with E-state index in [0.717, 1.165) is 5.56 Å². The number of pyridine rings is 1. The highest BCUT2D eigenvalue weighted by atomic mass is 35.5. The SMILES string of the molecule is O=C(Nc1cccc2[nH]c(-c3c(NC[C@@H](O)c4ccccc4)cc[nH]c3=O)nc12)c1ccc(Cl)c(Cl)c1. The molecule has 0 radical (unpaired) electrons. The van der Waals surface area contributed by atoms with Crippen molar-refractivity contribution in [3.8, 4) is 11.4 Å². The van der Waals surface area contributed by atoms with Crippen LogP contribution in [0.5, 0.6) is 0 Å². The fourth-order valence-corrected chi connectivity index (χ4v) is 4.24. The Bertz CT molecular complexity index is 1650. The maximum Gasteiger partial charge on any atom is 0.261 e. The van der Waals surface area contributed by atoms with Gasteiger partial charge in [-0.25, -0.2) is 4.98 Å².